The molecule has 1 rings (SSSR count). The number of hydrogen-bond acceptors (Lipinski definition) is 2. The molecule has 0 aromatic carbocycles. The molecular weight excluding hydrogens is 124 g/mol. The average molecular weight is 138 g/mol. The van der Waals surface area contributed by atoms with E-state index in [1.807, 2.05) is 6.19 Å². The molecule has 1 saturated carbocycles. The first-order valence-corrected chi connectivity index (χ1v) is 3.83. The summed E-state index contributed by atoms with van der Waals surface area (Å²) in [6.07, 6.45) is 5.90. The highest BCUT2D eigenvalue weighted by Crippen LogP contribution is 2.35. The fourth-order valence-electron chi connectivity index (χ4n) is 1.38. The first-order chi connectivity index (χ1) is 4.67. The largest absolute Gasteiger partial charge is 0.318 e. The van der Waals surface area contributed by atoms with Gasteiger partial charge in [-0.05, 0) is 32.6 Å². The van der Waals surface area contributed by atoms with Gasteiger partial charge in [0.15, 0.2) is 6.19 Å². The Morgan fingerprint density at radius 3 is 2.40 bits per heavy atom. The molecular formula is C8H14N2. The lowest BCUT2D eigenvalue weighted by atomic mass is 9.73. The molecule has 0 spiro atoms. The van der Waals surface area contributed by atoms with E-state index >= 15 is 0 Å². The Morgan fingerprint density at radius 1 is 1.50 bits per heavy atom. The van der Waals surface area contributed by atoms with E-state index in [1.165, 1.54) is 19.3 Å². The van der Waals surface area contributed by atoms with Crippen molar-refractivity contribution in [2.45, 2.75) is 38.6 Å². The first kappa shape index (κ1) is 7.40. The molecule has 56 valence electrons. The molecule has 1 N–H and O–H groups in total. The third-order valence-corrected chi connectivity index (χ3v) is 2.50. The van der Waals surface area contributed by atoms with Gasteiger partial charge in [0.25, 0.3) is 0 Å². The van der Waals surface area contributed by atoms with Crippen molar-refractivity contribution in [3.63, 3.8) is 0 Å². The third kappa shape index (κ3) is 1.23. The fraction of sp³-hybridized carbons (Fsp3) is 0.875. The minimum atomic E-state index is 0.0347. The molecule has 0 radical (unpaired) electrons. The monoisotopic (exact) mass is 138 g/mol. The molecule has 0 aromatic rings. The topological polar surface area (TPSA) is 35.8 Å². The highest BCUT2D eigenvalue weighted by molar-refractivity contribution is 4.94. The third-order valence-electron chi connectivity index (χ3n) is 2.50. The van der Waals surface area contributed by atoms with Gasteiger partial charge in [0, 0.05) is 5.54 Å². The molecule has 0 aromatic heterocycles. The molecule has 2 nitrogen and oxygen atoms in total. The quantitative estimate of drug-likeness (QED) is 0.465. The second-order valence-corrected chi connectivity index (χ2v) is 3.59. The van der Waals surface area contributed by atoms with Crippen LogP contribution in [0.1, 0.15) is 33.1 Å². The lowest BCUT2D eigenvalue weighted by Gasteiger charge is -2.39. The molecule has 1 aliphatic carbocycles. The average Bonchev–Trinajstić information content (AvgIpc) is 1.56. The van der Waals surface area contributed by atoms with Crippen molar-refractivity contribution in [2.24, 2.45) is 5.92 Å². The van der Waals surface area contributed by atoms with Gasteiger partial charge in [-0.25, -0.2) is 0 Å². The second kappa shape index (κ2) is 2.49. The van der Waals surface area contributed by atoms with Gasteiger partial charge >= 0.3 is 0 Å². The van der Waals surface area contributed by atoms with Gasteiger partial charge in [-0.2, -0.15) is 5.26 Å². The summed E-state index contributed by atoms with van der Waals surface area (Å²) < 4.78 is 0. The summed E-state index contributed by atoms with van der Waals surface area (Å²) in [6.45, 7) is 4.19. The van der Waals surface area contributed by atoms with Crippen LogP contribution in [-0.2, 0) is 0 Å². The van der Waals surface area contributed by atoms with Crippen LogP contribution in [0.25, 0.3) is 0 Å². The van der Waals surface area contributed by atoms with Crippen LogP contribution in [0.5, 0.6) is 0 Å². The van der Waals surface area contributed by atoms with E-state index in [4.69, 9.17) is 5.26 Å². The summed E-state index contributed by atoms with van der Waals surface area (Å²) >= 11 is 0. The molecule has 1 aliphatic rings. The van der Waals surface area contributed by atoms with Crippen LogP contribution < -0.4 is 5.32 Å². The Morgan fingerprint density at radius 2 is 2.10 bits per heavy atom. The number of rotatable bonds is 2. The van der Waals surface area contributed by atoms with Gasteiger partial charge in [0.1, 0.15) is 0 Å². The highest BCUT2D eigenvalue weighted by atomic mass is 15.0. The van der Waals surface area contributed by atoms with E-state index in [1.54, 1.807) is 0 Å². The smallest absolute Gasteiger partial charge is 0.177 e. The van der Waals surface area contributed by atoms with Crippen LogP contribution >= 0.6 is 0 Å². The number of nitriles is 1. The minimum absolute atomic E-state index is 0.0347. The normalized spacial score (nSPS) is 19.3. The zero-order valence-corrected chi connectivity index (χ0v) is 6.65. The summed E-state index contributed by atoms with van der Waals surface area (Å²) in [5.74, 6) is 0.715. The predicted octanol–water partition coefficient (Wildman–Crippen LogP) is 1.64. The van der Waals surface area contributed by atoms with Gasteiger partial charge in [0.2, 0.25) is 0 Å². The van der Waals surface area contributed by atoms with E-state index in [-0.39, 0.29) is 5.54 Å². The molecule has 2 heteroatoms. The SMILES string of the molecule is CC(C)(NC#N)C1CCC1. The lowest BCUT2D eigenvalue weighted by molar-refractivity contribution is 0.176. The van der Waals surface area contributed by atoms with Crippen LogP contribution in [0.15, 0.2) is 0 Å². The maximum Gasteiger partial charge on any atom is 0.177 e. The van der Waals surface area contributed by atoms with Gasteiger partial charge in [-0.15, -0.1) is 0 Å². The zero-order chi connectivity index (χ0) is 7.61. The molecule has 0 atom stereocenters. The second-order valence-electron chi connectivity index (χ2n) is 3.59. The van der Waals surface area contributed by atoms with Gasteiger partial charge in [-0.1, -0.05) is 6.42 Å². The van der Waals surface area contributed by atoms with E-state index in [0.29, 0.717) is 5.92 Å². The fourth-order valence-corrected chi connectivity index (χ4v) is 1.38. The van der Waals surface area contributed by atoms with Crippen molar-refractivity contribution in [3.8, 4) is 6.19 Å². The Hall–Kier alpha value is -0.710. The molecule has 1 fully saturated rings. The molecule has 0 amide bonds. The van der Waals surface area contributed by atoms with E-state index < -0.39 is 0 Å². The van der Waals surface area contributed by atoms with Crippen molar-refractivity contribution in [3.05, 3.63) is 0 Å². The Balaban J connectivity index is 2.42. The summed E-state index contributed by atoms with van der Waals surface area (Å²) in [7, 11) is 0. The Labute approximate surface area is 62.2 Å². The van der Waals surface area contributed by atoms with Crippen molar-refractivity contribution in [2.75, 3.05) is 0 Å². The van der Waals surface area contributed by atoms with Crippen LogP contribution in [-0.4, -0.2) is 5.54 Å². The zero-order valence-electron chi connectivity index (χ0n) is 6.65. The van der Waals surface area contributed by atoms with Crippen molar-refractivity contribution in [1.29, 1.82) is 5.26 Å². The number of hydrogen-bond donors (Lipinski definition) is 1. The van der Waals surface area contributed by atoms with Crippen LogP contribution in [0.4, 0.5) is 0 Å². The highest BCUT2D eigenvalue weighted by Gasteiger charge is 2.33. The molecule has 10 heavy (non-hydrogen) atoms. The van der Waals surface area contributed by atoms with Crippen LogP contribution in [0.2, 0.25) is 0 Å². The van der Waals surface area contributed by atoms with Gasteiger partial charge < -0.3 is 5.32 Å². The summed E-state index contributed by atoms with van der Waals surface area (Å²) in [6, 6.07) is 0. The minimum Gasteiger partial charge on any atom is -0.318 e. The molecule has 0 saturated heterocycles. The molecule has 0 unspecified atom stereocenters. The Kier molecular flexibility index (Phi) is 1.85. The first-order valence-electron chi connectivity index (χ1n) is 3.83. The lowest BCUT2D eigenvalue weighted by Crippen LogP contribution is -2.46. The Bertz CT molecular complexity index is 151. The molecule has 0 heterocycles. The van der Waals surface area contributed by atoms with E-state index in [0.717, 1.165) is 0 Å². The number of nitrogens with zero attached hydrogens (tertiary/aromatic N) is 1. The van der Waals surface area contributed by atoms with E-state index in [9.17, 15) is 0 Å². The van der Waals surface area contributed by atoms with Crippen LogP contribution in [0, 0.1) is 17.4 Å². The summed E-state index contributed by atoms with van der Waals surface area (Å²) in [5.41, 5.74) is 0.0347. The maximum absolute atomic E-state index is 8.41. The standard InChI is InChI=1S/C8H14N2/c1-8(2,10-6-9)7-4-3-5-7/h7,10H,3-5H2,1-2H3. The van der Waals surface area contributed by atoms with Gasteiger partial charge in [0.05, 0.1) is 0 Å². The van der Waals surface area contributed by atoms with Crippen molar-refractivity contribution < 1.29 is 0 Å². The molecule has 0 aliphatic heterocycles. The molecule has 0 bridgehead atoms. The number of nitrogens with one attached hydrogen (secondary N) is 1. The van der Waals surface area contributed by atoms with Crippen molar-refractivity contribution >= 4 is 0 Å². The predicted molar refractivity (Wildman–Crippen MR) is 40.2 cm³/mol. The summed E-state index contributed by atoms with van der Waals surface area (Å²) in [4.78, 5) is 0. The van der Waals surface area contributed by atoms with Crippen LogP contribution in [0.3, 0.4) is 0 Å². The van der Waals surface area contributed by atoms with Crippen molar-refractivity contribution in [1.82, 2.24) is 5.32 Å². The summed E-state index contributed by atoms with van der Waals surface area (Å²) in [5, 5.41) is 11.2. The maximum atomic E-state index is 8.41. The van der Waals surface area contributed by atoms with Gasteiger partial charge in [-0.3, -0.25) is 0 Å². The van der Waals surface area contributed by atoms with E-state index in [2.05, 4.69) is 19.2 Å².